The van der Waals surface area contributed by atoms with Crippen LogP contribution in [-0.4, -0.2) is 41.5 Å². The van der Waals surface area contributed by atoms with Gasteiger partial charge in [0.05, 0.1) is 0 Å². The van der Waals surface area contributed by atoms with Crippen LogP contribution in [0.2, 0.25) is 0 Å². The standard InChI is InChI=1S/C21H24N2O3/c1-15-7-9-17(10-8-15)20(25)22-19-6-2-5-18(12-19)21(26)23-11-3-4-16(13-23)14-24/h2,5-10,12,16,24H,3-4,11,13-14H2,1H3,(H,22,25)/t16-/m0/s1. The first kappa shape index (κ1) is 18.1. The number of hydrogen-bond acceptors (Lipinski definition) is 3. The molecule has 0 aliphatic carbocycles. The topological polar surface area (TPSA) is 69.6 Å². The van der Waals surface area contributed by atoms with Crippen molar-refractivity contribution in [3.63, 3.8) is 0 Å². The molecule has 26 heavy (non-hydrogen) atoms. The van der Waals surface area contributed by atoms with E-state index < -0.39 is 0 Å². The molecule has 0 bridgehead atoms. The Hall–Kier alpha value is -2.66. The van der Waals surface area contributed by atoms with Crippen molar-refractivity contribution in [3.8, 4) is 0 Å². The number of aliphatic hydroxyl groups excluding tert-OH is 1. The molecule has 1 aliphatic heterocycles. The highest BCUT2D eigenvalue weighted by Crippen LogP contribution is 2.20. The third kappa shape index (κ3) is 4.29. The molecule has 0 spiro atoms. The van der Waals surface area contributed by atoms with Gasteiger partial charge in [-0.15, -0.1) is 0 Å². The number of aryl methyl sites for hydroxylation is 1. The van der Waals surface area contributed by atoms with Crippen LogP contribution < -0.4 is 5.32 Å². The molecule has 2 amide bonds. The van der Waals surface area contributed by atoms with Crippen LogP contribution in [0.25, 0.3) is 0 Å². The van der Waals surface area contributed by atoms with E-state index in [2.05, 4.69) is 5.32 Å². The summed E-state index contributed by atoms with van der Waals surface area (Å²) in [6.07, 6.45) is 1.85. The fourth-order valence-electron chi connectivity index (χ4n) is 3.22. The fraction of sp³-hybridized carbons (Fsp3) is 0.333. The summed E-state index contributed by atoms with van der Waals surface area (Å²) in [6, 6.07) is 14.3. The molecule has 2 N–H and O–H groups in total. The Bertz CT molecular complexity index is 786. The van der Waals surface area contributed by atoms with Crippen molar-refractivity contribution in [2.24, 2.45) is 5.92 Å². The summed E-state index contributed by atoms with van der Waals surface area (Å²) in [4.78, 5) is 26.9. The minimum Gasteiger partial charge on any atom is -0.396 e. The van der Waals surface area contributed by atoms with Crippen molar-refractivity contribution >= 4 is 17.5 Å². The normalized spacial score (nSPS) is 17.0. The van der Waals surface area contributed by atoms with E-state index >= 15 is 0 Å². The van der Waals surface area contributed by atoms with Gasteiger partial charge in [0.2, 0.25) is 0 Å². The molecule has 1 atom stereocenters. The van der Waals surface area contributed by atoms with E-state index in [1.165, 1.54) is 0 Å². The van der Waals surface area contributed by atoms with E-state index in [1.807, 2.05) is 19.1 Å². The number of anilines is 1. The molecule has 2 aromatic rings. The SMILES string of the molecule is Cc1ccc(C(=O)Nc2cccc(C(=O)N3CCC[C@H](CO)C3)c2)cc1. The van der Waals surface area contributed by atoms with Crippen LogP contribution in [0.3, 0.4) is 0 Å². The third-order valence-electron chi connectivity index (χ3n) is 4.75. The lowest BCUT2D eigenvalue weighted by molar-refractivity contribution is 0.0620. The summed E-state index contributed by atoms with van der Waals surface area (Å²) >= 11 is 0. The first-order valence-corrected chi connectivity index (χ1v) is 8.95. The molecule has 3 rings (SSSR count). The van der Waals surface area contributed by atoms with Crippen LogP contribution in [0.1, 0.15) is 39.1 Å². The number of likely N-dealkylation sites (tertiary alicyclic amines) is 1. The number of nitrogens with one attached hydrogen (secondary N) is 1. The largest absolute Gasteiger partial charge is 0.396 e. The van der Waals surface area contributed by atoms with Crippen molar-refractivity contribution in [1.82, 2.24) is 4.90 Å². The zero-order chi connectivity index (χ0) is 18.5. The average Bonchev–Trinajstić information content (AvgIpc) is 2.68. The monoisotopic (exact) mass is 352 g/mol. The molecule has 136 valence electrons. The van der Waals surface area contributed by atoms with E-state index in [4.69, 9.17) is 0 Å². The molecule has 1 fully saturated rings. The molecule has 0 radical (unpaired) electrons. The van der Waals surface area contributed by atoms with Gasteiger partial charge in [0.1, 0.15) is 0 Å². The predicted octanol–water partition coefficient (Wildman–Crippen LogP) is 3.09. The number of rotatable bonds is 4. The maximum Gasteiger partial charge on any atom is 0.255 e. The van der Waals surface area contributed by atoms with Gasteiger partial charge >= 0.3 is 0 Å². The molecule has 0 saturated carbocycles. The van der Waals surface area contributed by atoms with Crippen LogP contribution in [0, 0.1) is 12.8 Å². The lowest BCUT2D eigenvalue weighted by Crippen LogP contribution is -2.40. The summed E-state index contributed by atoms with van der Waals surface area (Å²) < 4.78 is 0. The maximum absolute atomic E-state index is 12.7. The quantitative estimate of drug-likeness (QED) is 0.888. The van der Waals surface area contributed by atoms with Crippen molar-refractivity contribution in [1.29, 1.82) is 0 Å². The highest BCUT2D eigenvalue weighted by Gasteiger charge is 2.24. The van der Waals surface area contributed by atoms with E-state index in [0.29, 0.717) is 29.9 Å². The minimum atomic E-state index is -0.201. The molecular weight excluding hydrogens is 328 g/mol. The Morgan fingerprint density at radius 3 is 2.65 bits per heavy atom. The number of piperidine rings is 1. The molecule has 1 aliphatic rings. The number of carbonyl (C=O) groups excluding carboxylic acids is 2. The van der Waals surface area contributed by atoms with Crippen LogP contribution in [0.15, 0.2) is 48.5 Å². The summed E-state index contributed by atoms with van der Waals surface area (Å²) in [5.74, 6) is -0.111. The van der Waals surface area contributed by atoms with Gasteiger partial charge in [0.15, 0.2) is 0 Å². The van der Waals surface area contributed by atoms with E-state index in [0.717, 1.165) is 18.4 Å². The highest BCUT2D eigenvalue weighted by molar-refractivity contribution is 6.05. The van der Waals surface area contributed by atoms with Gasteiger partial charge in [-0.2, -0.15) is 0 Å². The highest BCUT2D eigenvalue weighted by atomic mass is 16.3. The average molecular weight is 352 g/mol. The van der Waals surface area contributed by atoms with E-state index in [-0.39, 0.29) is 24.3 Å². The van der Waals surface area contributed by atoms with Crippen molar-refractivity contribution in [3.05, 3.63) is 65.2 Å². The fourth-order valence-corrected chi connectivity index (χ4v) is 3.22. The molecule has 0 aromatic heterocycles. The second kappa shape index (κ2) is 8.15. The molecule has 2 aromatic carbocycles. The summed E-state index contributed by atoms with van der Waals surface area (Å²) in [5, 5.41) is 12.2. The van der Waals surface area contributed by atoms with Gasteiger partial charge < -0.3 is 15.3 Å². The molecule has 1 saturated heterocycles. The lowest BCUT2D eigenvalue weighted by atomic mass is 9.98. The first-order chi connectivity index (χ1) is 12.6. The molecule has 5 nitrogen and oxygen atoms in total. The van der Waals surface area contributed by atoms with Gasteiger partial charge in [-0.3, -0.25) is 9.59 Å². The number of aliphatic hydroxyl groups is 1. The summed E-state index contributed by atoms with van der Waals surface area (Å²) in [6.45, 7) is 3.36. The summed E-state index contributed by atoms with van der Waals surface area (Å²) in [7, 11) is 0. The van der Waals surface area contributed by atoms with Crippen molar-refractivity contribution in [2.75, 3.05) is 25.0 Å². The minimum absolute atomic E-state index is 0.0606. The second-order valence-corrected chi connectivity index (χ2v) is 6.84. The molecule has 1 heterocycles. The number of amides is 2. The van der Waals surface area contributed by atoms with Gasteiger partial charge in [-0.1, -0.05) is 23.8 Å². The number of benzene rings is 2. The van der Waals surface area contributed by atoms with Gasteiger partial charge in [0.25, 0.3) is 11.8 Å². The number of hydrogen-bond donors (Lipinski definition) is 2. The molecule has 0 unspecified atom stereocenters. The summed E-state index contributed by atoms with van der Waals surface area (Å²) in [5.41, 5.74) is 2.81. The Balaban J connectivity index is 1.70. The second-order valence-electron chi connectivity index (χ2n) is 6.84. The van der Waals surface area contributed by atoms with Crippen LogP contribution >= 0.6 is 0 Å². The third-order valence-corrected chi connectivity index (χ3v) is 4.75. The van der Waals surface area contributed by atoms with Crippen LogP contribution in [0.4, 0.5) is 5.69 Å². The van der Waals surface area contributed by atoms with Crippen molar-refractivity contribution < 1.29 is 14.7 Å². The lowest BCUT2D eigenvalue weighted by Gasteiger charge is -2.32. The first-order valence-electron chi connectivity index (χ1n) is 8.95. The zero-order valence-corrected chi connectivity index (χ0v) is 14.9. The van der Waals surface area contributed by atoms with E-state index in [1.54, 1.807) is 41.3 Å². The smallest absolute Gasteiger partial charge is 0.255 e. The Kier molecular flexibility index (Phi) is 5.68. The van der Waals surface area contributed by atoms with Crippen molar-refractivity contribution in [2.45, 2.75) is 19.8 Å². The maximum atomic E-state index is 12.7. The Labute approximate surface area is 153 Å². The van der Waals surface area contributed by atoms with Crippen LogP contribution in [-0.2, 0) is 0 Å². The Morgan fingerprint density at radius 1 is 1.15 bits per heavy atom. The van der Waals surface area contributed by atoms with Gasteiger partial charge in [-0.05, 0) is 56.0 Å². The van der Waals surface area contributed by atoms with E-state index in [9.17, 15) is 14.7 Å². The van der Waals surface area contributed by atoms with Gasteiger partial charge in [0, 0.05) is 36.5 Å². The molecule has 5 heteroatoms. The Morgan fingerprint density at radius 2 is 1.92 bits per heavy atom. The molecular formula is C21H24N2O3. The van der Waals surface area contributed by atoms with Gasteiger partial charge in [-0.25, -0.2) is 0 Å². The predicted molar refractivity (Wildman–Crippen MR) is 101 cm³/mol. The number of carbonyl (C=O) groups is 2. The number of nitrogens with zero attached hydrogens (tertiary/aromatic N) is 1. The van der Waals surface area contributed by atoms with Crippen LogP contribution in [0.5, 0.6) is 0 Å². The zero-order valence-electron chi connectivity index (χ0n) is 14.9.